The summed E-state index contributed by atoms with van der Waals surface area (Å²) >= 11 is 0. The molecule has 1 N–H and O–H groups in total. The predicted octanol–water partition coefficient (Wildman–Crippen LogP) is 0.241. The number of nitrogens with one attached hydrogen (secondary N) is 1. The van der Waals surface area contributed by atoms with Gasteiger partial charge in [0.25, 0.3) is 0 Å². The molecule has 3 rings (SSSR count). The lowest BCUT2D eigenvalue weighted by Crippen LogP contribution is -2.54. The van der Waals surface area contributed by atoms with Gasteiger partial charge in [-0.25, -0.2) is 9.34 Å². The Bertz CT molecular complexity index is 629. The van der Waals surface area contributed by atoms with E-state index in [0.29, 0.717) is 51.9 Å². The minimum absolute atomic E-state index is 0.0815. The van der Waals surface area contributed by atoms with Gasteiger partial charge in [0.2, 0.25) is 0 Å². The van der Waals surface area contributed by atoms with E-state index in [1.165, 1.54) is 0 Å². The van der Waals surface area contributed by atoms with Gasteiger partial charge < -0.3 is 24.1 Å². The molecule has 3 aliphatic heterocycles. The molecule has 3 heterocycles. The zero-order chi connectivity index (χ0) is 23.3. The van der Waals surface area contributed by atoms with Crippen LogP contribution in [0.3, 0.4) is 0 Å². The van der Waals surface area contributed by atoms with E-state index >= 15 is 0 Å². The van der Waals surface area contributed by atoms with Crippen LogP contribution in [0.1, 0.15) is 27.7 Å². The average Bonchev–Trinajstić information content (AvgIpc) is 2.76. The molecule has 0 amide bonds. The standard InChI is InChI=1S/C20H39B2N4O5P/c1-15(2)24-9-17(30-19(21)11-24)14-29-32(27,25-7-5-23-6-8-25)26-10-18(13-28-16(3)4)31-20(22)12-26/h15-20,23H,5-14H2,1-4H3. The van der Waals surface area contributed by atoms with Crippen molar-refractivity contribution in [2.75, 3.05) is 65.6 Å². The Kier molecular flexibility index (Phi) is 10.1. The molecule has 32 heavy (non-hydrogen) atoms. The van der Waals surface area contributed by atoms with E-state index in [-0.39, 0.29) is 30.9 Å². The Labute approximate surface area is 196 Å². The molecular formula is C20H39B2N4O5P. The molecule has 5 unspecified atom stereocenters. The Morgan fingerprint density at radius 2 is 1.56 bits per heavy atom. The van der Waals surface area contributed by atoms with E-state index in [4.69, 9.17) is 34.4 Å². The van der Waals surface area contributed by atoms with Crippen molar-refractivity contribution in [3.05, 3.63) is 0 Å². The Morgan fingerprint density at radius 1 is 0.938 bits per heavy atom. The lowest BCUT2D eigenvalue weighted by atomic mass is 9.96. The summed E-state index contributed by atoms with van der Waals surface area (Å²) in [5, 5.41) is 3.32. The van der Waals surface area contributed by atoms with Crippen molar-refractivity contribution < 1.29 is 23.3 Å². The van der Waals surface area contributed by atoms with E-state index < -0.39 is 13.7 Å². The molecule has 4 radical (unpaired) electrons. The summed E-state index contributed by atoms with van der Waals surface area (Å²) in [4.78, 5) is 2.27. The van der Waals surface area contributed by atoms with Crippen molar-refractivity contribution in [1.82, 2.24) is 19.6 Å². The fourth-order valence-corrected chi connectivity index (χ4v) is 6.80. The number of morpholine rings is 2. The van der Waals surface area contributed by atoms with Gasteiger partial charge in [-0.15, -0.1) is 0 Å². The van der Waals surface area contributed by atoms with Crippen molar-refractivity contribution in [3.63, 3.8) is 0 Å². The van der Waals surface area contributed by atoms with E-state index in [9.17, 15) is 4.57 Å². The largest absolute Gasteiger partial charge is 0.380 e. The van der Waals surface area contributed by atoms with E-state index in [1.807, 2.05) is 23.2 Å². The van der Waals surface area contributed by atoms with Crippen LogP contribution in [-0.4, -0.2) is 132 Å². The highest BCUT2D eigenvalue weighted by molar-refractivity contribution is 7.54. The summed E-state index contributed by atoms with van der Waals surface area (Å²) in [6.07, 6.45) is -0.429. The minimum atomic E-state index is -3.35. The lowest BCUT2D eigenvalue weighted by Gasteiger charge is -2.46. The van der Waals surface area contributed by atoms with E-state index in [2.05, 4.69) is 24.1 Å². The molecule has 0 aromatic heterocycles. The van der Waals surface area contributed by atoms with Crippen LogP contribution in [0.5, 0.6) is 0 Å². The zero-order valence-electron chi connectivity index (χ0n) is 20.0. The monoisotopic (exact) mass is 468 g/mol. The van der Waals surface area contributed by atoms with Crippen LogP contribution in [0.25, 0.3) is 0 Å². The number of ether oxygens (including phenoxy) is 3. The highest BCUT2D eigenvalue weighted by Gasteiger charge is 2.44. The van der Waals surface area contributed by atoms with Gasteiger partial charge in [-0.2, -0.15) is 0 Å². The molecule has 3 aliphatic rings. The minimum Gasteiger partial charge on any atom is -0.380 e. The second kappa shape index (κ2) is 12.1. The summed E-state index contributed by atoms with van der Waals surface area (Å²) < 4.78 is 42.0. The third-order valence-corrected chi connectivity index (χ3v) is 8.62. The van der Waals surface area contributed by atoms with Crippen LogP contribution in [0.2, 0.25) is 0 Å². The number of rotatable bonds is 9. The van der Waals surface area contributed by atoms with Crippen molar-refractivity contribution >= 4 is 23.4 Å². The quantitative estimate of drug-likeness (QED) is 0.379. The normalized spacial score (nSPS) is 33.6. The Morgan fingerprint density at radius 3 is 2.19 bits per heavy atom. The average molecular weight is 468 g/mol. The molecule has 0 saturated carbocycles. The van der Waals surface area contributed by atoms with Gasteiger partial charge in [0.1, 0.15) is 15.7 Å². The van der Waals surface area contributed by atoms with Crippen LogP contribution in [0, 0.1) is 0 Å². The van der Waals surface area contributed by atoms with Gasteiger partial charge in [-0.05, 0) is 27.7 Å². The van der Waals surface area contributed by atoms with E-state index in [1.54, 1.807) is 0 Å². The van der Waals surface area contributed by atoms with Gasteiger partial charge in [-0.1, -0.05) is 0 Å². The van der Waals surface area contributed by atoms with Gasteiger partial charge in [0, 0.05) is 70.4 Å². The third kappa shape index (κ3) is 7.27. The summed E-state index contributed by atoms with van der Waals surface area (Å²) in [5.74, 6) is 0. The van der Waals surface area contributed by atoms with Gasteiger partial charge in [-0.3, -0.25) is 9.46 Å². The summed E-state index contributed by atoms with van der Waals surface area (Å²) in [6, 6.07) is -0.584. The maximum Gasteiger partial charge on any atom is 0.346 e. The highest BCUT2D eigenvalue weighted by Crippen LogP contribution is 2.55. The number of hydrogen-bond donors (Lipinski definition) is 1. The van der Waals surface area contributed by atoms with Crippen molar-refractivity contribution in [3.8, 4) is 0 Å². The van der Waals surface area contributed by atoms with Crippen molar-refractivity contribution in [1.29, 1.82) is 0 Å². The van der Waals surface area contributed by atoms with Crippen LogP contribution in [0.15, 0.2) is 0 Å². The van der Waals surface area contributed by atoms with Crippen LogP contribution >= 0.6 is 7.67 Å². The van der Waals surface area contributed by atoms with Crippen LogP contribution < -0.4 is 5.32 Å². The first kappa shape index (κ1) is 26.6. The fourth-order valence-electron chi connectivity index (χ4n) is 4.29. The molecule has 0 spiro atoms. The molecule has 3 fully saturated rings. The van der Waals surface area contributed by atoms with Gasteiger partial charge in [0.05, 0.1) is 31.5 Å². The molecule has 0 aromatic rings. The predicted molar refractivity (Wildman–Crippen MR) is 126 cm³/mol. The second-order valence-corrected chi connectivity index (χ2v) is 11.8. The molecule has 0 aliphatic carbocycles. The maximum atomic E-state index is 14.4. The zero-order valence-corrected chi connectivity index (χ0v) is 20.9. The summed E-state index contributed by atoms with van der Waals surface area (Å²) in [5.41, 5.74) is 0. The highest BCUT2D eigenvalue weighted by atomic mass is 31.2. The molecule has 3 saturated heterocycles. The molecular weight excluding hydrogens is 429 g/mol. The Balaban J connectivity index is 1.71. The molecule has 9 nitrogen and oxygen atoms in total. The summed E-state index contributed by atoms with van der Waals surface area (Å²) in [6.45, 7) is 13.8. The lowest BCUT2D eigenvalue weighted by molar-refractivity contribution is -0.0886. The van der Waals surface area contributed by atoms with E-state index in [0.717, 1.165) is 13.1 Å². The first-order valence-corrected chi connectivity index (χ1v) is 13.3. The Hall–Kier alpha value is 0.0399. The number of piperazine rings is 1. The van der Waals surface area contributed by atoms with Crippen LogP contribution in [0.4, 0.5) is 0 Å². The number of nitrogens with zero attached hydrogens (tertiary/aromatic N) is 3. The van der Waals surface area contributed by atoms with Crippen molar-refractivity contribution in [2.24, 2.45) is 0 Å². The second-order valence-electron chi connectivity index (χ2n) is 9.38. The first-order valence-electron chi connectivity index (χ1n) is 11.8. The SMILES string of the molecule is [B]C1CN(C(C)C)CC(COP(=O)(N2CCNCC2)N2CC([B])OC(COC(C)C)C2)O1. The molecule has 180 valence electrons. The first-order chi connectivity index (χ1) is 15.2. The summed E-state index contributed by atoms with van der Waals surface area (Å²) in [7, 11) is 8.94. The molecule has 12 heteroatoms. The molecule has 0 bridgehead atoms. The number of hydrogen-bond acceptors (Lipinski definition) is 7. The van der Waals surface area contributed by atoms with Crippen LogP contribution in [-0.2, 0) is 23.3 Å². The topological polar surface area (TPSA) is 75.7 Å². The fraction of sp³-hybridized carbons (Fsp3) is 1.00. The maximum absolute atomic E-state index is 14.4. The van der Waals surface area contributed by atoms with Gasteiger partial charge in [0.15, 0.2) is 0 Å². The third-order valence-electron chi connectivity index (χ3n) is 5.97. The smallest absolute Gasteiger partial charge is 0.346 e. The molecule has 5 atom stereocenters. The van der Waals surface area contributed by atoms with Crippen molar-refractivity contribution in [2.45, 2.75) is 64.1 Å². The van der Waals surface area contributed by atoms with Gasteiger partial charge >= 0.3 is 7.67 Å². The molecule has 0 aromatic carbocycles.